The number of carboxylic acid groups (broad SMARTS) is 1. The van der Waals surface area contributed by atoms with Gasteiger partial charge in [0.25, 0.3) is 0 Å². The average molecular weight is 273 g/mol. The lowest BCUT2D eigenvalue weighted by atomic mass is 10.1. The summed E-state index contributed by atoms with van der Waals surface area (Å²) in [6, 6.07) is 8.84. The number of imidazole rings is 1. The number of fused-ring (bicyclic) bond motifs is 1. The van der Waals surface area contributed by atoms with Gasteiger partial charge in [-0.25, -0.2) is 9.78 Å². The first-order chi connectivity index (χ1) is 9.15. The van der Waals surface area contributed by atoms with Crippen LogP contribution in [0.4, 0.5) is 0 Å². The van der Waals surface area contributed by atoms with Crippen LogP contribution in [0.1, 0.15) is 10.4 Å². The normalized spacial score (nSPS) is 10.8. The molecule has 0 fully saturated rings. The van der Waals surface area contributed by atoms with Crippen LogP contribution in [0.3, 0.4) is 0 Å². The summed E-state index contributed by atoms with van der Waals surface area (Å²) in [6.45, 7) is 0. The molecule has 5 heteroatoms. The van der Waals surface area contributed by atoms with Crippen LogP contribution in [-0.4, -0.2) is 20.5 Å². The van der Waals surface area contributed by atoms with E-state index in [0.29, 0.717) is 10.7 Å². The van der Waals surface area contributed by atoms with Crippen LogP contribution in [-0.2, 0) is 0 Å². The van der Waals surface area contributed by atoms with Crippen molar-refractivity contribution in [3.05, 3.63) is 59.5 Å². The summed E-state index contributed by atoms with van der Waals surface area (Å²) in [5.41, 5.74) is 2.58. The molecule has 1 N–H and O–H groups in total. The summed E-state index contributed by atoms with van der Waals surface area (Å²) in [4.78, 5) is 15.4. The summed E-state index contributed by atoms with van der Waals surface area (Å²) < 4.78 is 1.70. The fourth-order valence-corrected chi connectivity index (χ4v) is 2.12. The highest BCUT2D eigenvalue weighted by Gasteiger charge is 2.11. The maximum atomic E-state index is 11.1. The van der Waals surface area contributed by atoms with Gasteiger partial charge < -0.3 is 9.51 Å². The second-order valence-corrected chi connectivity index (χ2v) is 4.55. The van der Waals surface area contributed by atoms with Gasteiger partial charge in [-0.3, -0.25) is 0 Å². The van der Waals surface area contributed by atoms with E-state index in [2.05, 4.69) is 4.98 Å². The van der Waals surface area contributed by atoms with Gasteiger partial charge in [-0.05, 0) is 23.8 Å². The molecule has 3 rings (SSSR count). The number of carboxylic acids is 1. The molecule has 0 saturated heterocycles. The van der Waals surface area contributed by atoms with Crippen molar-refractivity contribution in [3.8, 4) is 11.1 Å². The van der Waals surface area contributed by atoms with Crippen molar-refractivity contribution in [2.45, 2.75) is 0 Å². The molecule has 0 aliphatic heterocycles. The van der Waals surface area contributed by atoms with Crippen molar-refractivity contribution in [1.29, 1.82) is 0 Å². The summed E-state index contributed by atoms with van der Waals surface area (Å²) in [6.07, 6.45) is 4.91. The molecule has 2 aromatic heterocycles. The number of halogens is 1. The van der Waals surface area contributed by atoms with Gasteiger partial charge in [-0.15, -0.1) is 0 Å². The van der Waals surface area contributed by atoms with Crippen LogP contribution in [0, 0.1) is 0 Å². The third-order valence-electron chi connectivity index (χ3n) is 2.89. The van der Waals surface area contributed by atoms with Crippen LogP contribution in [0.2, 0.25) is 5.02 Å². The number of rotatable bonds is 2. The van der Waals surface area contributed by atoms with Gasteiger partial charge in [0, 0.05) is 29.2 Å². The van der Waals surface area contributed by atoms with Crippen molar-refractivity contribution < 1.29 is 9.90 Å². The number of carbonyl (C=O) groups is 1. The Morgan fingerprint density at radius 1 is 1.26 bits per heavy atom. The van der Waals surface area contributed by atoms with Gasteiger partial charge in [0.2, 0.25) is 0 Å². The molecule has 0 radical (unpaired) electrons. The minimum Gasteiger partial charge on any atom is -0.478 e. The standard InChI is InChI=1S/C14H9ClN2O2/c15-11-3-1-9(2-4-11)12-7-10(14(18)19)8-17-6-5-16-13(12)17/h1-8H,(H,18,19). The van der Waals surface area contributed by atoms with Gasteiger partial charge >= 0.3 is 5.97 Å². The number of hydrogen-bond donors (Lipinski definition) is 1. The molecule has 3 aromatic rings. The molecular formula is C14H9ClN2O2. The highest BCUT2D eigenvalue weighted by atomic mass is 35.5. The van der Waals surface area contributed by atoms with Gasteiger partial charge in [0.1, 0.15) is 5.65 Å². The predicted octanol–water partition coefficient (Wildman–Crippen LogP) is 3.35. The van der Waals surface area contributed by atoms with Crippen LogP contribution in [0.25, 0.3) is 16.8 Å². The van der Waals surface area contributed by atoms with Crippen molar-refractivity contribution in [2.24, 2.45) is 0 Å². The van der Waals surface area contributed by atoms with Crippen molar-refractivity contribution >= 4 is 23.2 Å². The van der Waals surface area contributed by atoms with Gasteiger partial charge in [0.15, 0.2) is 0 Å². The summed E-state index contributed by atoms with van der Waals surface area (Å²) in [7, 11) is 0. The quantitative estimate of drug-likeness (QED) is 0.778. The molecule has 0 amide bonds. The Kier molecular flexibility index (Phi) is 2.72. The maximum absolute atomic E-state index is 11.1. The minimum atomic E-state index is -0.967. The molecule has 0 saturated carbocycles. The molecular weight excluding hydrogens is 264 g/mol. The second-order valence-electron chi connectivity index (χ2n) is 4.11. The van der Waals surface area contributed by atoms with E-state index >= 15 is 0 Å². The topological polar surface area (TPSA) is 54.6 Å². The zero-order valence-corrected chi connectivity index (χ0v) is 10.5. The molecule has 4 nitrogen and oxygen atoms in total. The molecule has 0 bridgehead atoms. The third kappa shape index (κ3) is 2.06. The van der Waals surface area contributed by atoms with E-state index in [1.807, 2.05) is 12.1 Å². The number of benzene rings is 1. The number of pyridine rings is 1. The van der Waals surface area contributed by atoms with E-state index in [-0.39, 0.29) is 5.56 Å². The van der Waals surface area contributed by atoms with E-state index in [4.69, 9.17) is 16.7 Å². The number of aromatic nitrogens is 2. The van der Waals surface area contributed by atoms with Crippen LogP contribution < -0.4 is 0 Å². The minimum absolute atomic E-state index is 0.218. The van der Waals surface area contributed by atoms with Gasteiger partial charge in [0.05, 0.1) is 5.56 Å². The van der Waals surface area contributed by atoms with Gasteiger partial charge in [-0.2, -0.15) is 0 Å². The van der Waals surface area contributed by atoms with Gasteiger partial charge in [-0.1, -0.05) is 23.7 Å². The Hall–Kier alpha value is -2.33. The summed E-state index contributed by atoms with van der Waals surface area (Å²) >= 11 is 5.86. The SMILES string of the molecule is O=C(O)c1cc(-c2ccc(Cl)cc2)c2nccn2c1. The van der Waals surface area contributed by atoms with Crippen LogP contribution in [0.15, 0.2) is 48.9 Å². The molecule has 1 aromatic carbocycles. The molecule has 0 atom stereocenters. The first kappa shape index (κ1) is 11.7. The number of aromatic carboxylic acids is 1. The highest BCUT2D eigenvalue weighted by molar-refractivity contribution is 6.30. The number of hydrogen-bond acceptors (Lipinski definition) is 2. The second kappa shape index (κ2) is 4.40. The Labute approximate surface area is 113 Å². The number of nitrogens with zero attached hydrogens (tertiary/aromatic N) is 2. The van der Waals surface area contributed by atoms with Crippen LogP contribution in [0.5, 0.6) is 0 Å². The van der Waals surface area contributed by atoms with E-state index in [9.17, 15) is 4.79 Å². The average Bonchev–Trinajstić information content (AvgIpc) is 2.86. The lowest BCUT2D eigenvalue weighted by molar-refractivity contribution is 0.0696. The Morgan fingerprint density at radius 3 is 2.68 bits per heavy atom. The smallest absolute Gasteiger partial charge is 0.337 e. The lowest BCUT2D eigenvalue weighted by Crippen LogP contribution is -2.00. The predicted molar refractivity (Wildman–Crippen MR) is 72.6 cm³/mol. The Morgan fingerprint density at radius 2 is 2.00 bits per heavy atom. The van der Waals surface area contributed by atoms with Crippen molar-refractivity contribution in [1.82, 2.24) is 9.38 Å². The van der Waals surface area contributed by atoms with Crippen LogP contribution >= 0.6 is 11.6 Å². The van der Waals surface area contributed by atoms with E-state index in [0.717, 1.165) is 11.1 Å². The van der Waals surface area contributed by atoms with E-state index in [1.54, 1.807) is 41.2 Å². The third-order valence-corrected chi connectivity index (χ3v) is 3.14. The molecule has 0 aliphatic carbocycles. The molecule has 94 valence electrons. The lowest BCUT2D eigenvalue weighted by Gasteiger charge is -2.06. The van der Waals surface area contributed by atoms with E-state index in [1.165, 1.54) is 0 Å². The molecule has 0 aliphatic rings. The Balaban J connectivity index is 2.29. The molecule has 19 heavy (non-hydrogen) atoms. The summed E-state index contributed by atoms with van der Waals surface area (Å²) in [5.74, 6) is -0.967. The zero-order valence-electron chi connectivity index (χ0n) is 9.75. The first-order valence-corrected chi connectivity index (χ1v) is 5.99. The zero-order chi connectivity index (χ0) is 13.4. The summed E-state index contributed by atoms with van der Waals surface area (Å²) in [5, 5.41) is 9.78. The maximum Gasteiger partial charge on any atom is 0.337 e. The van der Waals surface area contributed by atoms with Crippen molar-refractivity contribution in [3.63, 3.8) is 0 Å². The molecule has 2 heterocycles. The highest BCUT2D eigenvalue weighted by Crippen LogP contribution is 2.26. The fourth-order valence-electron chi connectivity index (χ4n) is 1.99. The van der Waals surface area contributed by atoms with Crippen molar-refractivity contribution in [2.75, 3.05) is 0 Å². The fraction of sp³-hybridized carbons (Fsp3) is 0. The largest absolute Gasteiger partial charge is 0.478 e. The Bertz CT molecular complexity index is 763. The molecule has 0 spiro atoms. The van der Waals surface area contributed by atoms with E-state index < -0.39 is 5.97 Å². The first-order valence-electron chi connectivity index (χ1n) is 5.61. The molecule has 0 unspecified atom stereocenters. The monoisotopic (exact) mass is 272 g/mol.